The number of nitrogens with one attached hydrogen (secondary N) is 1. The Hall–Kier alpha value is -1.43. The zero-order valence-electron chi connectivity index (χ0n) is 12.7. The average molecular weight is 305 g/mol. The van der Waals surface area contributed by atoms with E-state index in [9.17, 15) is 0 Å². The highest BCUT2D eigenvalue weighted by Gasteiger charge is 2.07. The lowest BCUT2D eigenvalue weighted by Gasteiger charge is -2.16. The van der Waals surface area contributed by atoms with Gasteiger partial charge < -0.3 is 15.3 Å². The molecule has 0 saturated carbocycles. The molecule has 0 aliphatic carbocycles. The van der Waals surface area contributed by atoms with Gasteiger partial charge in [-0.05, 0) is 25.0 Å². The van der Waals surface area contributed by atoms with E-state index in [2.05, 4.69) is 29.0 Å². The van der Waals surface area contributed by atoms with Gasteiger partial charge in [-0.15, -0.1) is 11.3 Å². The van der Waals surface area contributed by atoms with E-state index in [0.717, 1.165) is 36.9 Å². The lowest BCUT2D eigenvalue weighted by molar-refractivity contribution is 0.282. The van der Waals surface area contributed by atoms with Gasteiger partial charge in [0, 0.05) is 37.3 Å². The quantitative estimate of drug-likeness (QED) is 0.787. The normalized spacial score (nSPS) is 10.8. The number of aliphatic hydroxyl groups excluding tert-OH is 1. The molecule has 0 fully saturated rings. The van der Waals surface area contributed by atoms with E-state index in [1.54, 1.807) is 11.3 Å². The molecule has 0 aliphatic rings. The summed E-state index contributed by atoms with van der Waals surface area (Å²) in [5, 5.41) is 13.5. The van der Waals surface area contributed by atoms with Gasteiger partial charge in [0.15, 0.2) is 5.13 Å². The zero-order chi connectivity index (χ0) is 15.1. The van der Waals surface area contributed by atoms with Crippen LogP contribution in [-0.4, -0.2) is 23.2 Å². The van der Waals surface area contributed by atoms with Gasteiger partial charge in [0.1, 0.15) is 0 Å². The second-order valence-electron chi connectivity index (χ2n) is 4.86. The summed E-state index contributed by atoms with van der Waals surface area (Å²) in [5.74, 6) is 0. The molecule has 0 atom stereocenters. The van der Waals surface area contributed by atoms with E-state index in [-0.39, 0.29) is 6.61 Å². The lowest BCUT2D eigenvalue weighted by Crippen LogP contribution is -2.21. The molecule has 1 aromatic heterocycles. The minimum Gasteiger partial charge on any atom is -0.392 e. The Bertz CT molecular complexity index is 535. The van der Waals surface area contributed by atoms with Crippen LogP contribution in [0.3, 0.4) is 0 Å². The summed E-state index contributed by atoms with van der Waals surface area (Å²) in [6, 6.07) is 8.02. The van der Waals surface area contributed by atoms with Crippen molar-refractivity contribution in [3.63, 3.8) is 0 Å². The highest BCUT2D eigenvalue weighted by Crippen LogP contribution is 2.22. The van der Waals surface area contributed by atoms with E-state index in [0.29, 0.717) is 0 Å². The van der Waals surface area contributed by atoms with Crippen LogP contribution in [0.2, 0.25) is 0 Å². The average Bonchev–Trinajstić information content (AvgIpc) is 2.98. The third kappa shape index (κ3) is 4.52. The third-order valence-electron chi connectivity index (χ3n) is 3.41. The lowest BCUT2D eigenvalue weighted by atomic mass is 10.1. The number of hydrogen-bond donors (Lipinski definition) is 2. The molecule has 0 amide bonds. The Balaban J connectivity index is 1.82. The van der Waals surface area contributed by atoms with E-state index in [1.807, 2.05) is 30.5 Å². The number of nitrogens with zero attached hydrogens (tertiary/aromatic N) is 2. The maximum atomic E-state index is 9.02. The molecule has 1 heterocycles. The van der Waals surface area contributed by atoms with Crippen molar-refractivity contribution in [2.75, 3.05) is 18.0 Å². The number of aromatic nitrogens is 1. The highest BCUT2D eigenvalue weighted by molar-refractivity contribution is 7.15. The number of hydrogen-bond acceptors (Lipinski definition) is 5. The third-order valence-corrected chi connectivity index (χ3v) is 4.47. The molecule has 2 N–H and O–H groups in total. The summed E-state index contributed by atoms with van der Waals surface area (Å²) < 4.78 is 0. The molecular weight excluding hydrogens is 282 g/mol. The molecule has 0 unspecified atom stereocenters. The molecule has 0 radical (unpaired) electrons. The molecule has 4 nitrogen and oxygen atoms in total. The van der Waals surface area contributed by atoms with Crippen molar-refractivity contribution in [3.8, 4) is 0 Å². The van der Waals surface area contributed by atoms with Crippen molar-refractivity contribution in [2.24, 2.45) is 0 Å². The number of rotatable bonds is 8. The first kappa shape index (κ1) is 15.9. The molecule has 5 heteroatoms. The second kappa shape index (κ2) is 8.12. The van der Waals surface area contributed by atoms with Gasteiger partial charge in [-0.3, -0.25) is 0 Å². The van der Waals surface area contributed by atoms with Crippen LogP contribution in [0.5, 0.6) is 0 Å². The van der Waals surface area contributed by atoms with E-state index < -0.39 is 0 Å². The second-order valence-corrected chi connectivity index (χ2v) is 5.95. The fraction of sp³-hybridized carbons (Fsp3) is 0.438. The van der Waals surface area contributed by atoms with Gasteiger partial charge in [-0.2, -0.15) is 0 Å². The van der Waals surface area contributed by atoms with Crippen LogP contribution < -0.4 is 10.2 Å². The first-order valence-corrected chi connectivity index (χ1v) is 8.17. The molecular formula is C16H23N3OS. The van der Waals surface area contributed by atoms with Crippen molar-refractivity contribution >= 4 is 16.5 Å². The summed E-state index contributed by atoms with van der Waals surface area (Å²) in [7, 11) is 0. The Kier molecular flexibility index (Phi) is 6.17. The summed E-state index contributed by atoms with van der Waals surface area (Å²) in [4.78, 5) is 8.00. The van der Waals surface area contributed by atoms with Crippen LogP contribution in [0.1, 0.15) is 29.9 Å². The van der Waals surface area contributed by atoms with Crippen molar-refractivity contribution in [1.82, 2.24) is 10.3 Å². The molecule has 1 aromatic carbocycles. The summed E-state index contributed by atoms with van der Waals surface area (Å²) >= 11 is 1.75. The largest absolute Gasteiger partial charge is 0.392 e. The maximum Gasteiger partial charge on any atom is 0.185 e. The van der Waals surface area contributed by atoms with Crippen LogP contribution >= 0.6 is 11.3 Å². The summed E-state index contributed by atoms with van der Waals surface area (Å²) in [6.45, 7) is 8.05. The van der Waals surface area contributed by atoms with Gasteiger partial charge in [0.2, 0.25) is 0 Å². The number of anilines is 1. The Labute approximate surface area is 130 Å². The smallest absolute Gasteiger partial charge is 0.185 e. The minimum absolute atomic E-state index is 0.0999. The molecule has 0 bridgehead atoms. The van der Waals surface area contributed by atoms with Crippen molar-refractivity contribution in [2.45, 2.75) is 33.5 Å². The topological polar surface area (TPSA) is 48.4 Å². The molecule has 114 valence electrons. The van der Waals surface area contributed by atoms with Crippen LogP contribution in [-0.2, 0) is 19.7 Å². The molecule has 2 aromatic rings. The highest BCUT2D eigenvalue weighted by atomic mass is 32.1. The van der Waals surface area contributed by atoms with E-state index in [1.165, 1.54) is 10.4 Å². The standard InChI is InChI=1S/C16H23N3OS/c1-3-19(4-2)16-18-11-15(21-16)10-17-9-13-5-7-14(12-20)8-6-13/h5-8,11,17,20H,3-4,9-10,12H2,1-2H3. The van der Waals surface area contributed by atoms with Crippen LogP contribution in [0.4, 0.5) is 5.13 Å². The summed E-state index contributed by atoms with van der Waals surface area (Å²) in [6.07, 6.45) is 1.96. The van der Waals surface area contributed by atoms with E-state index >= 15 is 0 Å². The zero-order valence-corrected chi connectivity index (χ0v) is 13.5. The first-order valence-electron chi connectivity index (χ1n) is 7.35. The van der Waals surface area contributed by atoms with Gasteiger partial charge in [0.25, 0.3) is 0 Å². The van der Waals surface area contributed by atoms with Crippen molar-refractivity contribution < 1.29 is 5.11 Å². The van der Waals surface area contributed by atoms with Gasteiger partial charge in [0.05, 0.1) is 6.61 Å². The molecule has 2 rings (SSSR count). The predicted octanol–water partition coefficient (Wildman–Crippen LogP) is 2.77. The van der Waals surface area contributed by atoms with Crippen molar-refractivity contribution in [3.05, 3.63) is 46.5 Å². The molecule has 0 saturated heterocycles. The fourth-order valence-corrected chi connectivity index (χ4v) is 3.12. The summed E-state index contributed by atoms with van der Waals surface area (Å²) in [5.41, 5.74) is 2.17. The predicted molar refractivity (Wildman–Crippen MR) is 88.6 cm³/mol. The SMILES string of the molecule is CCN(CC)c1ncc(CNCc2ccc(CO)cc2)s1. The van der Waals surface area contributed by atoms with Crippen LogP contribution in [0, 0.1) is 0 Å². The number of thiazole rings is 1. The first-order chi connectivity index (χ1) is 10.3. The van der Waals surface area contributed by atoms with Crippen LogP contribution in [0.15, 0.2) is 30.5 Å². The molecule has 0 aliphatic heterocycles. The van der Waals surface area contributed by atoms with Gasteiger partial charge >= 0.3 is 0 Å². The Morgan fingerprint density at radius 1 is 1.10 bits per heavy atom. The number of benzene rings is 1. The monoisotopic (exact) mass is 305 g/mol. The molecule has 21 heavy (non-hydrogen) atoms. The van der Waals surface area contributed by atoms with Crippen LogP contribution in [0.25, 0.3) is 0 Å². The number of aliphatic hydroxyl groups is 1. The Morgan fingerprint density at radius 3 is 2.38 bits per heavy atom. The fourth-order valence-electron chi connectivity index (χ4n) is 2.11. The van der Waals surface area contributed by atoms with E-state index in [4.69, 9.17) is 5.11 Å². The van der Waals surface area contributed by atoms with Gasteiger partial charge in [-0.1, -0.05) is 24.3 Å². The van der Waals surface area contributed by atoms with Crippen molar-refractivity contribution in [1.29, 1.82) is 0 Å². The van der Waals surface area contributed by atoms with Gasteiger partial charge in [-0.25, -0.2) is 4.98 Å². The molecule has 0 spiro atoms. The Morgan fingerprint density at radius 2 is 1.76 bits per heavy atom. The minimum atomic E-state index is 0.0999. The maximum absolute atomic E-state index is 9.02.